The molecule has 0 saturated carbocycles. The number of rotatable bonds is 39. The van der Waals surface area contributed by atoms with Crippen molar-refractivity contribution in [1.29, 1.82) is 0 Å². The molecule has 0 aliphatic carbocycles. The molecule has 6 heteroatoms. The van der Waals surface area contributed by atoms with Gasteiger partial charge in [0.05, 0.1) is 0 Å². The molecule has 0 heterocycles. The Hall–Kier alpha value is -3.93. The molecule has 0 fully saturated rings. The van der Waals surface area contributed by atoms with Crippen LogP contribution in [0.15, 0.2) is 109 Å². The van der Waals surface area contributed by atoms with E-state index in [9.17, 15) is 14.4 Å². The zero-order valence-electron chi connectivity index (χ0n) is 37.0. The van der Waals surface area contributed by atoms with E-state index in [1.54, 1.807) is 0 Å². The molecular weight excluding hydrogens is 721 g/mol. The van der Waals surface area contributed by atoms with Gasteiger partial charge in [0.2, 0.25) is 0 Å². The van der Waals surface area contributed by atoms with Crippen LogP contribution in [0.1, 0.15) is 181 Å². The maximum Gasteiger partial charge on any atom is 0.306 e. The number of carbonyl (C=O) groups excluding carboxylic acids is 3. The molecule has 0 saturated heterocycles. The molecule has 326 valence electrons. The average molecular weight is 803 g/mol. The molecule has 1 atom stereocenters. The van der Waals surface area contributed by atoms with Gasteiger partial charge in [0.25, 0.3) is 0 Å². The van der Waals surface area contributed by atoms with Crippen LogP contribution in [0.2, 0.25) is 0 Å². The molecule has 0 aromatic heterocycles. The Bertz CT molecular complexity index is 1240. The van der Waals surface area contributed by atoms with E-state index in [0.29, 0.717) is 19.3 Å². The first-order valence-corrected chi connectivity index (χ1v) is 23.0. The van der Waals surface area contributed by atoms with Gasteiger partial charge in [-0.3, -0.25) is 14.4 Å². The molecule has 0 rings (SSSR count). The first kappa shape index (κ1) is 54.1. The molecule has 58 heavy (non-hydrogen) atoms. The van der Waals surface area contributed by atoms with E-state index in [1.807, 2.05) is 30.4 Å². The Labute approximate surface area is 355 Å². The van der Waals surface area contributed by atoms with Gasteiger partial charge < -0.3 is 14.2 Å². The number of esters is 3. The van der Waals surface area contributed by atoms with Gasteiger partial charge in [0.15, 0.2) is 6.10 Å². The van der Waals surface area contributed by atoms with Crippen molar-refractivity contribution in [2.24, 2.45) is 0 Å². The van der Waals surface area contributed by atoms with Crippen molar-refractivity contribution in [2.75, 3.05) is 13.2 Å². The molecule has 0 radical (unpaired) electrons. The zero-order valence-corrected chi connectivity index (χ0v) is 37.0. The summed E-state index contributed by atoms with van der Waals surface area (Å²) in [5, 5.41) is 0. The molecule has 0 bridgehead atoms. The number of hydrogen-bond donors (Lipinski definition) is 0. The second-order valence-corrected chi connectivity index (χ2v) is 14.7. The highest BCUT2D eigenvalue weighted by atomic mass is 16.6. The molecule has 1 unspecified atom stereocenters. The highest BCUT2D eigenvalue weighted by Crippen LogP contribution is 2.13. The molecule has 0 aliphatic heterocycles. The van der Waals surface area contributed by atoms with Gasteiger partial charge in [0.1, 0.15) is 13.2 Å². The molecule has 0 spiro atoms. The zero-order chi connectivity index (χ0) is 42.3. The van der Waals surface area contributed by atoms with Crippen molar-refractivity contribution in [1.82, 2.24) is 0 Å². The number of carbonyl (C=O) groups is 3. The minimum Gasteiger partial charge on any atom is -0.462 e. The standard InChI is InChI=1S/C52H82O6/c1-4-7-10-13-16-19-22-25-26-28-30-33-36-39-42-45-51(54)57-48-49(47-56-50(53)44-41-38-35-32-29-24-21-18-15-12-9-6-3)58-52(55)46-43-40-37-34-31-27-23-20-17-14-11-8-5-2/h7-14,16-23,25-26,49H,4-6,15,24,27-48H2,1-3H3/b10-7-,11-8-,12-9-,16-13-,17-14-,21-18-,22-19-,23-20-,26-25-. The van der Waals surface area contributed by atoms with Crippen molar-refractivity contribution >= 4 is 17.9 Å². The van der Waals surface area contributed by atoms with E-state index in [4.69, 9.17) is 14.2 Å². The van der Waals surface area contributed by atoms with E-state index in [0.717, 1.165) is 141 Å². The largest absolute Gasteiger partial charge is 0.462 e. The molecule has 0 aliphatic rings. The Balaban J connectivity index is 4.50. The number of allylic oxidation sites excluding steroid dienone is 18. The fourth-order valence-electron chi connectivity index (χ4n) is 5.78. The van der Waals surface area contributed by atoms with Crippen LogP contribution in [0.4, 0.5) is 0 Å². The van der Waals surface area contributed by atoms with Gasteiger partial charge in [-0.25, -0.2) is 0 Å². The predicted octanol–water partition coefficient (Wildman–Crippen LogP) is 14.8. The lowest BCUT2D eigenvalue weighted by Gasteiger charge is -2.18. The smallest absolute Gasteiger partial charge is 0.306 e. The summed E-state index contributed by atoms with van der Waals surface area (Å²) in [6, 6.07) is 0. The van der Waals surface area contributed by atoms with E-state index >= 15 is 0 Å². The van der Waals surface area contributed by atoms with Gasteiger partial charge in [-0.05, 0) is 83.5 Å². The summed E-state index contributed by atoms with van der Waals surface area (Å²) in [6.07, 6.45) is 60.7. The summed E-state index contributed by atoms with van der Waals surface area (Å²) in [6.45, 7) is 6.17. The van der Waals surface area contributed by atoms with E-state index in [2.05, 4.69) is 99.8 Å². The van der Waals surface area contributed by atoms with Gasteiger partial charge in [0, 0.05) is 19.3 Å². The lowest BCUT2D eigenvalue weighted by molar-refractivity contribution is -0.167. The summed E-state index contributed by atoms with van der Waals surface area (Å²) in [5.41, 5.74) is 0. The summed E-state index contributed by atoms with van der Waals surface area (Å²) < 4.78 is 16.7. The van der Waals surface area contributed by atoms with Crippen LogP contribution in [0, 0.1) is 0 Å². The minimum absolute atomic E-state index is 0.105. The van der Waals surface area contributed by atoms with Crippen molar-refractivity contribution < 1.29 is 28.6 Å². The lowest BCUT2D eigenvalue weighted by Crippen LogP contribution is -2.30. The van der Waals surface area contributed by atoms with Crippen LogP contribution >= 0.6 is 0 Å². The van der Waals surface area contributed by atoms with Gasteiger partial charge in [-0.15, -0.1) is 0 Å². The van der Waals surface area contributed by atoms with Crippen LogP contribution in [0.25, 0.3) is 0 Å². The Morgan fingerprint density at radius 3 is 1.16 bits per heavy atom. The van der Waals surface area contributed by atoms with Crippen molar-refractivity contribution in [3.63, 3.8) is 0 Å². The maximum atomic E-state index is 12.7. The van der Waals surface area contributed by atoms with Gasteiger partial charge >= 0.3 is 17.9 Å². The molecule has 6 nitrogen and oxygen atoms in total. The molecule has 0 N–H and O–H groups in total. The van der Waals surface area contributed by atoms with Crippen LogP contribution < -0.4 is 0 Å². The third-order valence-electron chi connectivity index (χ3n) is 9.16. The molecule has 0 aromatic rings. The highest BCUT2D eigenvalue weighted by molar-refractivity contribution is 5.71. The lowest BCUT2D eigenvalue weighted by atomic mass is 10.1. The van der Waals surface area contributed by atoms with Gasteiger partial charge in [-0.1, -0.05) is 188 Å². The fraction of sp³-hybridized carbons (Fsp3) is 0.596. The van der Waals surface area contributed by atoms with Crippen LogP contribution in [-0.4, -0.2) is 37.2 Å². The van der Waals surface area contributed by atoms with Crippen molar-refractivity contribution in [2.45, 2.75) is 187 Å². The first-order valence-electron chi connectivity index (χ1n) is 23.0. The quantitative estimate of drug-likeness (QED) is 0.0202. The summed E-state index contributed by atoms with van der Waals surface area (Å²) in [7, 11) is 0. The van der Waals surface area contributed by atoms with E-state index in [1.165, 1.54) is 0 Å². The average Bonchev–Trinajstić information content (AvgIpc) is 3.22. The number of ether oxygens (including phenoxy) is 3. The first-order chi connectivity index (χ1) is 28.5. The Morgan fingerprint density at radius 2 is 0.707 bits per heavy atom. The number of hydrogen-bond acceptors (Lipinski definition) is 6. The van der Waals surface area contributed by atoms with Crippen LogP contribution in [-0.2, 0) is 28.6 Å². The van der Waals surface area contributed by atoms with Crippen molar-refractivity contribution in [3.05, 3.63) is 109 Å². The third kappa shape index (κ3) is 43.2. The van der Waals surface area contributed by atoms with Crippen LogP contribution in [0.5, 0.6) is 0 Å². The maximum absolute atomic E-state index is 12.7. The number of unbranched alkanes of at least 4 members (excludes halogenated alkanes) is 15. The molecular formula is C52H82O6. The Kier molecular flexibility index (Phi) is 42.7. The summed E-state index contributed by atoms with van der Waals surface area (Å²) >= 11 is 0. The second kappa shape index (κ2) is 45.8. The predicted molar refractivity (Wildman–Crippen MR) is 247 cm³/mol. The fourth-order valence-corrected chi connectivity index (χ4v) is 5.78. The minimum atomic E-state index is -0.805. The second-order valence-electron chi connectivity index (χ2n) is 14.7. The highest BCUT2D eigenvalue weighted by Gasteiger charge is 2.19. The summed E-state index contributed by atoms with van der Waals surface area (Å²) in [4.78, 5) is 37.8. The van der Waals surface area contributed by atoms with E-state index in [-0.39, 0.29) is 31.1 Å². The van der Waals surface area contributed by atoms with Crippen LogP contribution in [0.3, 0.4) is 0 Å². The summed E-state index contributed by atoms with van der Waals surface area (Å²) in [5.74, 6) is -0.975. The van der Waals surface area contributed by atoms with Crippen molar-refractivity contribution in [3.8, 4) is 0 Å². The topological polar surface area (TPSA) is 78.9 Å². The van der Waals surface area contributed by atoms with Gasteiger partial charge in [-0.2, -0.15) is 0 Å². The SMILES string of the molecule is CC\C=C/C=C\C=C/C=C\CCCCCCCC(=O)OCC(COC(=O)CCCCCCC/C=C\C/C=C\CC)OC(=O)CCCCCCC\C=C/C=C\C=C/CC. The van der Waals surface area contributed by atoms with E-state index < -0.39 is 6.10 Å². The molecule has 0 aromatic carbocycles. The monoisotopic (exact) mass is 803 g/mol. The Morgan fingerprint density at radius 1 is 0.362 bits per heavy atom. The third-order valence-corrected chi connectivity index (χ3v) is 9.16. The normalized spacial score (nSPS) is 13.1. The molecule has 0 amide bonds.